The van der Waals surface area contributed by atoms with Crippen molar-refractivity contribution in [1.29, 1.82) is 0 Å². The molecule has 2 aliphatic heterocycles. The van der Waals surface area contributed by atoms with Crippen molar-refractivity contribution in [2.45, 2.75) is 6.92 Å². The molecule has 0 saturated carbocycles. The van der Waals surface area contributed by atoms with Gasteiger partial charge >= 0.3 is 0 Å². The minimum Gasteiger partial charge on any atom is -0.484 e. The number of aryl methyl sites for hydroxylation is 1. The number of anilines is 1. The highest BCUT2D eigenvalue weighted by Gasteiger charge is 2.26. The first-order valence-electron chi connectivity index (χ1n) is 8.58. The molecule has 0 bridgehead atoms. The highest BCUT2D eigenvalue weighted by Crippen LogP contribution is 2.35. The van der Waals surface area contributed by atoms with Gasteiger partial charge < -0.3 is 15.0 Å². The first-order chi connectivity index (χ1) is 13.1. The van der Waals surface area contributed by atoms with Gasteiger partial charge in [-0.05, 0) is 48.4 Å². The summed E-state index contributed by atoms with van der Waals surface area (Å²) in [7, 11) is 0. The summed E-state index contributed by atoms with van der Waals surface area (Å²) in [5.41, 5.74) is 3.92. The van der Waals surface area contributed by atoms with E-state index in [0.717, 1.165) is 40.8 Å². The molecule has 1 N–H and O–H groups in total. The van der Waals surface area contributed by atoms with E-state index in [1.165, 1.54) is 0 Å². The Morgan fingerprint density at radius 1 is 1.30 bits per heavy atom. The molecule has 0 aliphatic carbocycles. The number of rotatable bonds is 5. The maximum atomic E-state index is 12.1. The van der Waals surface area contributed by atoms with Crippen molar-refractivity contribution in [3.63, 3.8) is 0 Å². The molecule has 0 fully saturated rings. The molecule has 0 aromatic heterocycles. The summed E-state index contributed by atoms with van der Waals surface area (Å²) >= 11 is 7.65. The predicted molar refractivity (Wildman–Crippen MR) is 111 cm³/mol. The molecular weight excluding hydrogens is 382 g/mol. The average molecular weight is 400 g/mol. The number of hydrogen-bond acceptors (Lipinski definition) is 5. The van der Waals surface area contributed by atoms with Crippen molar-refractivity contribution in [3.8, 4) is 5.75 Å². The number of nitrogens with zero attached hydrogens (tertiary/aromatic N) is 2. The van der Waals surface area contributed by atoms with Crippen LogP contribution < -0.4 is 10.1 Å². The summed E-state index contributed by atoms with van der Waals surface area (Å²) in [5, 5.41) is 6.71. The van der Waals surface area contributed by atoms with Gasteiger partial charge in [-0.2, -0.15) is 0 Å². The summed E-state index contributed by atoms with van der Waals surface area (Å²) in [6.07, 6.45) is 0. The maximum Gasteiger partial charge on any atom is 0.262 e. The minimum absolute atomic E-state index is 0.0573. The van der Waals surface area contributed by atoms with E-state index in [2.05, 4.69) is 20.6 Å². The lowest BCUT2D eigenvalue weighted by Crippen LogP contribution is -2.21. The molecule has 2 aromatic carbocycles. The van der Waals surface area contributed by atoms with Gasteiger partial charge in [-0.3, -0.25) is 9.79 Å². The number of carbonyl (C=O) groups is 1. The van der Waals surface area contributed by atoms with Crippen molar-refractivity contribution in [2.75, 3.05) is 25.0 Å². The van der Waals surface area contributed by atoms with Crippen LogP contribution in [0.2, 0.25) is 5.02 Å². The van der Waals surface area contributed by atoms with Crippen LogP contribution in [0.15, 0.2) is 52.9 Å². The molecule has 4 rings (SSSR count). The number of amidine groups is 1. The zero-order chi connectivity index (χ0) is 18.8. The van der Waals surface area contributed by atoms with Crippen molar-refractivity contribution in [3.05, 3.63) is 64.0 Å². The first kappa shape index (κ1) is 17.9. The van der Waals surface area contributed by atoms with E-state index in [1.54, 1.807) is 23.9 Å². The molecule has 2 heterocycles. The van der Waals surface area contributed by atoms with Gasteiger partial charge in [0, 0.05) is 22.7 Å². The topological polar surface area (TPSA) is 53.9 Å². The normalized spacial score (nSPS) is 15.3. The van der Waals surface area contributed by atoms with Gasteiger partial charge in [-0.15, -0.1) is 0 Å². The molecule has 7 heteroatoms. The van der Waals surface area contributed by atoms with E-state index in [4.69, 9.17) is 16.3 Å². The largest absolute Gasteiger partial charge is 0.484 e. The molecule has 0 spiro atoms. The maximum absolute atomic E-state index is 12.1. The number of ether oxygens (including phenoxy) is 1. The van der Waals surface area contributed by atoms with Crippen LogP contribution in [-0.2, 0) is 4.79 Å². The molecule has 5 nitrogen and oxygen atoms in total. The SMILES string of the molecule is Cc1cc(OCC(=O)Nc2ccc(C3=CSC4=NCCN34)cc2)ccc1Cl. The Morgan fingerprint density at radius 2 is 2.11 bits per heavy atom. The summed E-state index contributed by atoms with van der Waals surface area (Å²) < 4.78 is 5.53. The molecule has 27 heavy (non-hydrogen) atoms. The van der Waals surface area contributed by atoms with Crippen LogP contribution in [0.1, 0.15) is 11.1 Å². The monoisotopic (exact) mass is 399 g/mol. The van der Waals surface area contributed by atoms with Gasteiger partial charge in [0.15, 0.2) is 11.8 Å². The highest BCUT2D eigenvalue weighted by atomic mass is 35.5. The lowest BCUT2D eigenvalue weighted by Gasteiger charge is -2.17. The zero-order valence-corrected chi connectivity index (χ0v) is 16.3. The number of hydrogen-bond donors (Lipinski definition) is 1. The zero-order valence-electron chi connectivity index (χ0n) is 14.7. The Kier molecular flexibility index (Phi) is 5.09. The van der Waals surface area contributed by atoms with Crippen molar-refractivity contribution >= 4 is 45.8 Å². The number of amides is 1. The Balaban J connectivity index is 1.33. The van der Waals surface area contributed by atoms with Crippen molar-refractivity contribution < 1.29 is 9.53 Å². The lowest BCUT2D eigenvalue weighted by atomic mass is 10.1. The fourth-order valence-electron chi connectivity index (χ4n) is 2.92. The first-order valence-corrected chi connectivity index (χ1v) is 9.84. The van der Waals surface area contributed by atoms with Gasteiger partial charge in [0.1, 0.15) is 5.75 Å². The van der Waals surface area contributed by atoms with E-state index >= 15 is 0 Å². The Bertz CT molecular complexity index is 941. The van der Waals surface area contributed by atoms with E-state index in [9.17, 15) is 4.79 Å². The molecule has 2 aromatic rings. The Labute approximate surface area is 167 Å². The van der Waals surface area contributed by atoms with Crippen LogP contribution in [0.25, 0.3) is 5.70 Å². The summed E-state index contributed by atoms with van der Waals surface area (Å²) in [4.78, 5) is 18.8. The third kappa shape index (κ3) is 3.96. The number of benzene rings is 2. The van der Waals surface area contributed by atoms with E-state index in [0.29, 0.717) is 10.8 Å². The third-order valence-corrected chi connectivity index (χ3v) is 5.66. The van der Waals surface area contributed by atoms with E-state index < -0.39 is 0 Å². The summed E-state index contributed by atoms with van der Waals surface area (Å²) in [5.74, 6) is 0.413. The van der Waals surface area contributed by atoms with Gasteiger partial charge in [0.05, 0.1) is 12.2 Å². The molecule has 2 aliphatic rings. The average Bonchev–Trinajstić information content (AvgIpc) is 3.27. The minimum atomic E-state index is -0.208. The second-order valence-corrected chi connectivity index (χ2v) is 7.51. The van der Waals surface area contributed by atoms with Gasteiger partial charge in [0.25, 0.3) is 5.91 Å². The van der Waals surface area contributed by atoms with Gasteiger partial charge in [0.2, 0.25) is 0 Å². The molecule has 0 radical (unpaired) electrons. The fourth-order valence-corrected chi connectivity index (χ4v) is 4.00. The highest BCUT2D eigenvalue weighted by molar-refractivity contribution is 8.16. The van der Waals surface area contributed by atoms with Crippen LogP contribution in [0.5, 0.6) is 5.75 Å². The fraction of sp³-hybridized carbons (Fsp3) is 0.200. The number of fused-ring (bicyclic) bond motifs is 1. The Hall–Kier alpha value is -2.44. The number of nitrogens with one attached hydrogen (secondary N) is 1. The molecule has 1 amide bonds. The van der Waals surface area contributed by atoms with Crippen molar-refractivity contribution in [1.82, 2.24) is 4.90 Å². The quantitative estimate of drug-likeness (QED) is 0.810. The molecular formula is C20H18ClN3O2S. The lowest BCUT2D eigenvalue weighted by molar-refractivity contribution is -0.118. The van der Waals surface area contributed by atoms with Crippen LogP contribution in [0.4, 0.5) is 5.69 Å². The number of carbonyl (C=O) groups excluding carboxylic acids is 1. The number of aliphatic imine (C=N–C) groups is 1. The third-order valence-electron chi connectivity index (χ3n) is 4.33. The standard InChI is InChI=1S/C20H18ClN3O2S/c1-13-10-16(6-7-17(13)21)26-11-19(25)23-15-4-2-14(3-5-15)18-12-27-20-22-8-9-24(18)20/h2-7,10,12H,8-9,11H2,1H3,(H,23,25). The second kappa shape index (κ2) is 7.66. The number of thioether (sulfide) groups is 1. The molecule has 0 unspecified atom stereocenters. The predicted octanol–water partition coefficient (Wildman–Crippen LogP) is 4.38. The number of halogens is 1. The van der Waals surface area contributed by atoms with Crippen LogP contribution in [0.3, 0.4) is 0 Å². The van der Waals surface area contributed by atoms with Crippen LogP contribution in [-0.4, -0.2) is 35.7 Å². The molecule has 0 atom stereocenters. The van der Waals surface area contributed by atoms with E-state index in [1.807, 2.05) is 37.3 Å². The van der Waals surface area contributed by atoms with Crippen LogP contribution in [0, 0.1) is 6.92 Å². The van der Waals surface area contributed by atoms with Gasteiger partial charge in [-0.25, -0.2) is 0 Å². The Morgan fingerprint density at radius 3 is 2.89 bits per heavy atom. The van der Waals surface area contributed by atoms with Gasteiger partial charge in [-0.1, -0.05) is 35.5 Å². The summed E-state index contributed by atoms with van der Waals surface area (Å²) in [6.45, 7) is 3.61. The van der Waals surface area contributed by atoms with Crippen LogP contribution >= 0.6 is 23.4 Å². The smallest absolute Gasteiger partial charge is 0.262 e. The summed E-state index contributed by atoms with van der Waals surface area (Å²) in [6, 6.07) is 13.1. The second-order valence-electron chi connectivity index (χ2n) is 6.26. The molecule has 0 saturated heterocycles. The molecule has 138 valence electrons. The van der Waals surface area contributed by atoms with Crippen molar-refractivity contribution in [2.24, 2.45) is 4.99 Å². The van der Waals surface area contributed by atoms with E-state index in [-0.39, 0.29) is 12.5 Å².